The molecule has 22 heavy (non-hydrogen) atoms. The van der Waals surface area contributed by atoms with Crippen molar-refractivity contribution in [2.45, 2.75) is 45.8 Å². The molecule has 1 aromatic heterocycles. The van der Waals surface area contributed by atoms with E-state index in [0.717, 1.165) is 19.4 Å². The zero-order valence-corrected chi connectivity index (χ0v) is 14.1. The number of aromatic nitrogens is 2. The summed E-state index contributed by atoms with van der Waals surface area (Å²) in [7, 11) is 0. The molecule has 0 radical (unpaired) electrons. The van der Waals surface area contributed by atoms with E-state index >= 15 is 0 Å². The number of aryl methyl sites for hydroxylation is 1. The highest BCUT2D eigenvalue weighted by Gasteiger charge is 2.38. The van der Waals surface area contributed by atoms with Crippen molar-refractivity contribution >= 4 is 28.9 Å². The number of nitrogens with zero attached hydrogens (tertiary/aromatic N) is 2. The van der Waals surface area contributed by atoms with Gasteiger partial charge in [-0.15, -0.1) is 0 Å². The van der Waals surface area contributed by atoms with Crippen molar-refractivity contribution < 1.29 is 13.2 Å². The topological polar surface area (TPSA) is 41.9 Å². The van der Waals surface area contributed by atoms with Gasteiger partial charge in [-0.25, -0.2) is 0 Å². The molecule has 2 N–H and O–H groups in total. The molecule has 0 fully saturated rings. The summed E-state index contributed by atoms with van der Waals surface area (Å²) < 4.78 is 39.3. The summed E-state index contributed by atoms with van der Waals surface area (Å²) in [4.78, 5) is 0. The van der Waals surface area contributed by atoms with Gasteiger partial charge in [-0.3, -0.25) is 4.68 Å². The number of alkyl halides is 3. The van der Waals surface area contributed by atoms with Gasteiger partial charge in [0, 0.05) is 19.6 Å². The van der Waals surface area contributed by atoms with Gasteiger partial charge in [0.25, 0.3) is 0 Å². The quantitative estimate of drug-likeness (QED) is 0.579. The number of hydrogen-bond donors (Lipinski definition) is 2. The van der Waals surface area contributed by atoms with Gasteiger partial charge >= 0.3 is 6.18 Å². The molecule has 0 aromatic carbocycles. The van der Waals surface area contributed by atoms with Crippen LogP contribution in [-0.2, 0) is 12.7 Å². The van der Waals surface area contributed by atoms with Gasteiger partial charge in [0.15, 0.2) is 10.8 Å². The Balaban J connectivity index is 2.41. The Morgan fingerprint density at radius 2 is 1.86 bits per heavy atom. The Morgan fingerprint density at radius 1 is 1.27 bits per heavy atom. The fourth-order valence-corrected chi connectivity index (χ4v) is 2.24. The van der Waals surface area contributed by atoms with Crippen LogP contribution in [0.15, 0.2) is 0 Å². The minimum Gasteiger partial charge on any atom is -0.363 e. The van der Waals surface area contributed by atoms with E-state index in [9.17, 15) is 13.2 Å². The van der Waals surface area contributed by atoms with Crippen molar-refractivity contribution in [1.29, 1.82) is 0 Å². The Kier molecular flexibility index (Phi) is 7.41. The van der Waals surface area contributed by atoms with Crippen molar-refractivity contribution in [3.63, 3.8) is 0 Å². The van der Waals surface area contributed by atoms with Gasteiger partial charge in [0.05, 0.1) is 10.7 Å². The maximum Gasteiger partial charge on any atom is 0.436 e. The molecule has 0 saturated carbocycles. The van der Waals surface area contributed by atoms with E-state index in [-0.39, 0.29) is 5.02 Å². The number of halogens is 4. The molecule has 1 rings (SSSR count). The van der Waals surface area contributed by atoms with Gasteiger partial charge in [-0.1, -0.05) is 24.9 Å². The number of thiocarbonyl (C=S) groups is 1. The van der Waals surface area contributed by atoms with Crippen LogP contribution in [0.1, 0.15) is 37.6 Å². The second-order valence-electron chi connectivity index (χ2n) is 4.86. The van der Waals surface area contributed by atoms with Crippen LogP contribution in [0.2, 0.25) is 5.02 Å². The predicted octanol–water partition coefficient (Wildman–Crippen LogP) is 3.52. The molecule has 0 aliphatic heterocycles. The molecule has 0 aliphatic rings. The van der Waals surface area contributed by atoms with E-state index in [1.807, 2.05) is 0 Å². The highest BCUT2D eigenvalue weighted by molar-refractivity contribution is 7.80. The first-order valence-corrected chi connectivity index (χ1v) is 7.87. The van der Waals surface area contributed by atoms with E-state index in [0.29, 0.717) is 30.3 Å². The molecule has 0 saturated heterocycles. The number of nitrogens with one attached hydrogen (secondary N) is 2. The number of rotatable bonds is 7. The Morgan fingerprint density at radius 3 is 2.36 bits per heavy atom. The maximum absolute atomic E-state index is 12.7. The first-order chi connectivity index (χ1) is 10.3. The van der Waals surface area contributed by atoms with E-state index < -0.39 is 11.9 Å². The van der Waals surface area contributed by atoms with Crippen LogP contribution in [0.25, 0.3) is 0 Å². The molecule has 1 aromatic rings. The molecular formula is C13H20ClF3N4S. The zero-order chi connectivity index (χ0) is 16.8. The smallest absolute Gasteiger partial charge is 0.363 e. The van der Waals surface area contributed by atoms with Crippen molar-refractivity contribution in [1.82, 2.24) is 20.4 Å². The van der Waals surface area contributed by atoms with E-state index in [1.54, 1.807) is 0 Å². The molecule has 4 nitrogen and oxygen atoms in total. The van der Waals surface area contributed by atoms with Gasteiger partial charge < -0.3 is 10.6 Å². The number of unbranched alkanes of at least 4 members (excludes halogenated alkanes) is 1. The lowest BCUT2D eigenvalue weighted by Gasteiger charge is -2.10. The number of hydrogen-bond acceptors (Lipinski definition) is 2. The second kappa shape index (κ2) is 8.57. The van der Waals surface area contributed by atoms with Crippen LogP contribution >= 0.6 is 23.8 Å². The second-order valence-corrected chi connectivity index (χ2v) is 5.64. The summed E-state index contributed by atoms with van der Waals surface area (Å²) >= 11 is 10.8. The maximum atomic E-state index is 12.7. The fraction of sp³-hybridized carbons (Fsp3) is 0.692. The molecule has 0 spiro atoms. The molecule has 0 bridgehead atoms. The van der Waals surface area contributed by atoms with Crippen molar-refractivity contribution in [3.8, 4) is 0 Å². The Hall–Kier alpha value is -1.02. The van der Waals surface area contributed by atoms with E-state index in [4.69, 9.17) is 23.8 Å². The monoisotopic (exact) mass is 356 g/mol. The third-order valence-corrected chi connectivity index (χ3v) is 3.79. The summed E-state index contributed by atoms with van der Waals surface area (Å²) in [5.41, 5.74) is -0.714. The Bertz CT molecular complexity index is 502. The lowest BCUT2D eigenvalue weighted by atomic mass is 10.3. The third kappa shape index (κ3) is 5.64. The first kappa shape index (κ1) is 19.0. The van der Waals surface area contributed by atoms with Gasteiger partial charge in [-0.2, -0.15) is 18.3 Å². The fourth-order valence-electron chi connectivity index (χ4n) is 1.80. The highest BCUT2D eigenvalue weighted by Crippen LogP contribution is 2.35. The van der Waals surface area contributed by atoms with Crippen molar-refractivity contribution in [2.24, 2.45) is 0 Å². The van der Waals surface area contributed by atoms with Crippen LogP contribution in [-0.4, -0.2) is 28.0 Å². The van der Waals surface area contributed by atoms with Crippen LogP contribution < -0.4 is 10.6 Å². The molecule has 126 valence electrons. The molecule has 0 aliphatic carbocycles. The summed E-state index contributed by atoms with van der Waals surface area (Å²) in [6.07, 6.45) is -1.83. The van der Waals surface area contributed by atoms with E-state index in [1.165, 1.54) is 11.6 Å². The summed E-state index contributed by atoms with van der Waals surface area (Å²) in [6.45, 7) is 5.31. The molecule has 0 unspecified atom stereocenters. The van der Waals surface area contributed by atoms with Crippen LogP contribution in [0, 0.1) is 6.92 Å². The standard InChI is InChI=1S/C13H20ClF3N4S/c1-3-4-6-18-12(22)19-7-5-8-21-9(2)10(14)11(20-21)13(15,16)17/h3-8H2,1-2H3,(H2,18,19,22). The van der Waals surface area contributed by atoms with Crippen molar-refractivity contribution in [3.05, 3.63) is 16.4 Å². The molecule has 0 amide bonds. The van der Waals surface area contributed by atoms with Crippen molar-refractivity contribution in [2.75, 3.05) is 13.1 Å². The first-order valence-electron chi connectivity index (χ1n) is 7.09. The third-order valence-electron chi connectivity index (χ3n) is 3.05. The molecular weight excluding hydrogens is 337 g/mol. The highest BCUT2D eigenvalue weighted by atomic mass is 35.5. The SMILES string of the molecule is CCCCNC(=S)NCCCn1nc(C(F)(F)F)c(Cl)c1C. The average Bonchev–Trinajstić information content (AvgIpc) is 2.72. The van der Waals surface area contributed by atoms with E-state index in [2.05, 4.69) is 22.7 Å². The van der Waals surface area contributed by atoms with Crippen LogP contribution in [0.4, 0.5) is 13.2 Å². The minimum absolute atomic E-state index is 0.317. The largest absolute Gasteiger partial charge is 0.436 e. The predicted molar refractivity (Wildman–Crippen MR) is 85.1 cm³/mol. The van der Waals surface area contributed by atoms with Gasteiger partial charge in [-0.05, 0) is 32.0 Å². The van der Waals surface area contributed by atoms with Gasteiger partial charge in [0.2, 0.25) is 0 Å². The normalized spacial score (nSPS) is 11.5. The molecule has 0 atom stereocenters. The lowest BCUT2D eigenvalue weighted by Crippen LogP contribution is -2.36. The summed E-state index contributed by atoms with van der Waals surface area (Å²) in [5, 5.41) is 9.82. The van der Waals surface area contributed by atoms with Crippen LogP contribution in [0.5, 0.6) is 0 Å². The lowest BCUT2D eigenvalue weighted by molar-refractivity contribution is -0.141. The molecule has 9 heteroatoms. The minimum atomic E-state index is -4.53. The zero-order valence-electron chi connectivity index (χ0n) is 12.6. The Labute approximate surface area is 138 Å². The summed E-state index contributed by atoms with van der Waals surface area (Å²) in [6, 6.07) is 0. The average molecular weight is 357 g/mol. The molecule has 1 heterocycles. The summed E-state index contributed by atoms with van der Waals surface area (Å²) in [5.74, 6) is 0. The van der Waals surface area contributed by atoms with Crippen LogP contribution in [0.3, 0.4) is 0 Å². The van der Waals surface area contributed by atoms with Gasteiger partial charge in [0.1, 0.15) is 0 Å².